The van der Waals surface area contributed by atoms with Crippen molar-refractivity contribution in [3.63, 3.8) is 0 Å². The van der Waals surface area contributed by atoms with Gasteiger partial charge in [-0.3, -0.25) is 9.59 Å². The minimum absolute atomic E-state index is 0.155. The SMILES string of the molecule is CC(C)CNC(=O)COc1c(Cl)cccc1C=O. The number of nitrogens with one attached hydrogen (secondary N) is 1. The Morgan fingerprint density at radius 3 is 2.83 bits per heavy atom. The van der Waals surface area contributed by atoms with Crippen LogP contribution in [0.15, 0.2) is 18.2 Å². The molecule has 98 valence electrons. The van der Waals surface area contributed by atoms with Gasteiger partial charge in [0.25, 0.3) is 5.91 Å². The Morgan fingerprint density at radius 2 is 2.22 bits per heavy atom. The first-order valence-corrected chi connectivity index (χ1v) is 6.05. The zero-order valence-corrected chi connectivity index (χ0v) is 11.2. The Hall–Kier alpha value is -1.55. The van der Waals surface area contributed by atoms with E-state index in [2.05, 4.69) is 5.32 Å². The van der Waals surface area contributed by atoms with Crippen molar-refractivity contribution in [1.82, 2.24) is 5.32 Å². The van der Waals surface area contributed by atoms with Crippen LogP contribution in [0.25, 0.3) is 0 Å². The Kier molecular flexibility index (Phi) is 5.65. The number of aldehydes is 1. The highest BCUT2D eigenvalue weighted by molar-refractivity contribution is 6.32. The average Bonchev–Trinajstić information content (AvgIpc) is 2.34. The second-order valence-electron chi connectivity index (χ2n) is 4.26. The normalized spacial score (nSPS) is 10.2. The van der Waals surface area contributed by atoms with Crippen molar-refractivity contribution in [3.8, 4) is 5.75 Å². The van der Waals surface area contributed by atoms with Crippen molar-refractivity contribution in [2.75, 3.05) is 13.2 Å². The smallest absolute Gasteiger partial charge is 0.257 e. The Balaban J connectivity index is 2.58. The van der Waals surface area contributed by atoms with Gasteiger partial charge in [-0.15, -0.1) is 0 Å². The lowest BCUT2D eigenvalue weighted by molar-refractivity contribution is -0.123. The Labute approximate surface area is 111 Å². The lowest BCUT2D eigenvalue weighted by atomic mass is 10.2. The minimum atomic E-state index is -0.236. The third-order valence-electron chi connectivity index (χ3n) is 2.18. The first-order chi connectivity index (χ1) is 8.54. The van der Waals surface area contributed by atoms with E-state index >= 15 is 0 Å². The molecule has 1 aromatic rings. The molecule has 0 aliphatic carbocycles. The summed E-state index contributed by atoms with van der Waals surface area (Å²) >= 11 is 5.90. The predicted molar refractivity (Wildman–Crippen MR) is 70.2 cm³/mol. The number of carbonyl (C=O) groups is 2. The van der Waals surface area contributed by atoms with E-state index in [1.165, 1.54) is 0 Å². The molecule has 0 spiro atoms. The number of amides is 1. The first kappa shape index (κ1) is 14.5. The summed E-state index contributed by atoms with van der Waals surface area (Å²) in [7, 11) is 0. The molecule has 5 heteroatoms. The number of para-hydroxylation sites is 1. The van der Waals surface area contributed by atoms with Crippen molar-refractivity contribution < 1.29 is 14.3 Å². The van der Waals surface area contributed by atoms with Crippen LogP contribution in [0, 0.1) is 5.92 Å². The maximum atomic E-state index is 11.5. The van der Waals surface area contributed by atoms with Crippen molar-refractivity contribution in [3.05, 3.63) is 28.8 Å². The predicted octanol–water partition coefficient (Wildman–Crippen LogP) is 2.30. The lowest BCUT2D eigenvalue weighted by Crippen LogP contribution is -2.31. The van der Waals surface area contributed by atoms with Crippen molar-refractivity contribution in [2.24, 2.45) is 5.92 Å². The molecular weight excluding hydrogens is 254 g/mol. The van der Waals surface area contributed by atoms with E-state index in [9.17, 15) is 9.59 Å². The standard InChI is InChI=1S/C13H16ClNO3/c1-9(2)6-15-12(17)8-18-13-10(7-16)4-3-5-11(13)14/h3-5,7,9H,6,8H2,1-2H3,(H,15,17). The molecular formula is C13H16ClNO3. The first-order valence-electron chi connectivity index (χ1n) is 5.67. The number of ether oxygens (including phenoxy) is 1. The highest BCUT2D eigenvalue weighted by atomic mass is 35.5. The van der Waals surface area contributed by atoms with Crippen LogP contribution in [0.5, 0.6) is 5.75 Å². The van der Waals surface area contributed by atoms with Crippen LogP contribution in [-0.4, -0.2) is 25.3 Å². The van der Waals surface area contributed by atoms with E-state index in [0.29, 0.717) is 29.3 Å². The molecule has 0 aromatic heterocycles. The summed E-state index contributed by atoms with van der Waals surface area (Å²) in [4.78, 5) is 22.3. The van der Waals surface area contributed by atoms with E-state index in [1.54, 1.807) is 18.2 Å². The van der Waals surface area contributed by atoms with E-state index in [-0.39, 0.29) is 18.3 Å². The summed E-state index contributed by atoms with van der Waals surface area (Å²) in [6, 6.07) is 4.84. The molecule has 0 radical (unpaired) electrons. The van der Waals surface area contributed by atoms with Crippen LogP contribution in [-0.2, 0) is 4.79 Å². The van der Waals surface area contributed by atoms with Crippen molar-refractivity contribution >= 4 is 23.8 Å². The fraction of sp³-hybridized carbons (Fsp3) is 0.385. The monoisotopic (exact) mass is 269 g/mol. The quantitative estimate of drug-likeness (QED) is 0.806. The Morgan fingerprint density at radius 1 is 1.50 bits per heavy atom. The van der Waals surface area contributed by atoms with Crippen LogP contribution in [0.4, 0.5) is 0 Å². The van der Waals surface area contributed by atoms with Gasteiger partial charge in [-0.25, -0.2) is 0 Å². The van der Waals surface area contributed by atoms with Gasteiger partial charge in [0.15, 0.2) is 12.9 Å². The molecule has 0 atom stereocenters. The van der Waals surface area contributed by atoms with E-state index < -0.39 is 0 Å². The van der Waals surface area contributed by atoms with E-state index in [1.807, 2.05) is 13.8 Å². The molecule has 0 saturated carbocycles. The molecule has 1 N–H and O–H groups in total. The minimum Gasteiger partial charge on any atom is -0.481 e. The van der Waals surface area contributed by atoms with Gasteiger partial charge in [0.05, 0.1) is 10.6 Å². The van der Waals surface area contributed by atoms with Gasteiger partial charge < -0.3 is 10.1 Å². The molecule has 0 heterocycles. The van der Waals surface area contributed by atoms with Crippen LogP contribution < -0.4 is 10.1 Å². The van der Waals surface area contributed by atoms with Crippen LogP contribution >= 0.6 is 11.6 Å². The van der Waals surface area contributed by atoms with Gasteiger partial charge in [-0.05, 0) is 18.1 Å². The average molecular weight is 270 g/mol. The third kappa shape index (κ3) is 4.37. The lowest BCUT2D eigenvalue weighted by Gasteiger charge is -2.11. The number of hydrogen-bond donors (Lipinski definition) is 1. The molecule has 1 amide bonds. The van der Waals surface area contributed by atoms with Gasteiger partial charge in [0.1, 0.15) is 5.75 Å². The van der Waals surface area contributed by atoms with Crippen LogP contribution in [0.3, 0.4) is 0 Å². The Bertz CT molecular complexity index is 432. The summed E-state index contributed by atoms with van der Waals surface area (Å²) in [5.74, 6) is 0.383. The number of halogens is 1. The van der Waals surface area contributed by atoms with E-state index in [4.69, 9.17) is 16.3 Å². The topological polar surface area (TPSA) is 55.4 Å². The molecule has 1 aromatic carbocycles. The molecule has 1 rings (SSSR count). The summed E-state index contributed by atoms with van der Waals surface area (Å²) in [6.07, 6.45) is 0.646. The molecule has 0 fully saturated rings. The number of benzene rings is 1. The number of rotatable bonds is 6. The highest BCUT2D eigenvalue weighted by Gasteiger charge is 2.10. The second kappa shape index (κ2) is 7.01. The fourth-order valence-electron chi connectivity index (χ4n) is 1.28. The molecule has 0 aliphatic rings. The summed E-state index contributed by atoms with van der Waals surface area (Å²) in [6.45, 7) is 4.43. The number of carbonyl (C=O) groups excluding carboxylic acids is 2. The molecule has 0 aliphatic heterocycles. The summed E-state index contributed by atoms with van der Waals surface area (Å²) < 4.78 is 5.28. The molecule has 0 bridgehead atoms. The zero-order chi connectivity index (χ0) is 13.5. The summed E-state index contributed by atoms with van der Waals surface area (Å²) in [5, 5.41) is 3.03. The maximum Gasteiger partial charge on any atom is 0.257 e. The van der Waals surface area contributed by atoms with E-state index in [0.717, 1.165) is 0 Å². The number of hydrogen-bond acceptors (Lipinski definition) is 3. The van der Waals surface area contributed by atoms with Crippen LogP contribution in [0.1, 0.15) is 24.2 Å². The summed E-state index contributed by atoms with van der Waals surface area (Å²) in [5.41, 5.74) is 0.333. The zero-order valence-electron chi connectivity index (χ0n) is 10.4. The maximum absolute atomic E-state index is 11.5. The molecule has 4 nitrogen and oxygen atoms in total. The molecule has 0 unspecified atom stereocenters. The van der Waals surface area contributed by atoms with Crippen molar-refractivity contribution in [1.29, 1.82) is 0 Å². The van der Waals surface area contributed by atoms with Gasteiger partial charge in [0.2, 0.25) is 0 Å². The fourth-order valence-corrected chi connectivity index (χ4v) is 1.51. The van der Waals surface area contributed by atoms with Gasteiger partial charge >= 0.3 is 0 Å². The largest absolute Gasteiger partial charge is 0.481 e. The molecule has 0 saturated heterocycles. The van der Waals surface area contributed by atoms with Gasteiger partial charge in [0, 0.05) is 6.54 Å². The van der Waals surface area contributed by atoms with Crippen LogP contribution in [0.2, 0.25) is 5.02 Å². The van der Waals surface area contributed by atoms with Gasteiger partial charge in [-0.1, -0.05) is 31.5 Å². The third-order valence-corrected chi connectivity index (χ3v) is 2.48. The van der Waals surface area contributed by atoms with Crippen molar-refractivity contribution in [2.45, 2.75) is 13.8 Å². The van der Waals surface area contributed by atoms with Gasteiger partial charge in [-0.2, -0.15) is 0 Å². The second-order valence-corrected chi connectivity index (χ2v) is 4.67. The highest BCUT2D eigenvalue weighted by Crippen LogP contribution is 2.27. The molecule has 18 heavy (non-hydrogen) atoms.